The number of carboxylic acids is 1. The molecule has 180 valence electrons. The topological polar surface area (TPSA) is 140 Å². The zero-order valence-corrected chi connectivity index (χ0v) is 19.8. The van der Waals surface area contributed by atoms with Crippen molar-refractivity contribution in [3.05, 3.63) is 0 Å². The maximum Gasteiger partial charge on any atom is 0.304 e. The number of aliphatic hydroxyl groups is 3. The molecular weight excluding hydrogens is 448 g/mol. The van der Waals surface area contributed by atoms with Crippen LogP contribution in [0.3, 0.4) is 0 Å². The maximum absolute atomic E-state index is 13.0. The van der Waals surface area contributed by atoms with E-state index in [1.807, 2.05) is 4.90 Å². The van der Waals surface area contributed by atoms with Crippen LogP contribution in [0.1, 0.15) is 39.5 Å². The second-order valence-electron chi connectivity index (χ2n) is 8.75. The Morgan fingerprint density at radius 2 is 1.90 bits per heavy atom. The predicted molar refractivity (Wildman–Crippen MR) is 118 cm³/mol. The highest BCUT2D eigenvalue weighted by Gasteiger charge is 2.46. The second-order valence-corrected chi connectivity index (χ2v) is 10.5. The fraction of sp³-hybridized carbons (Fsp3) is 0.900. The van der Waals surface area contributed by atoms with Crippen LogP contribution in [-0.2, 0) is 14.3 Å². The number of likely N-dealkylation sites (tertiary alicyclic amines) is 1. The van der Waals surface area contributed by atoms with Gasteiger partial charge in [-0.15, -0.1) is 11.8 Å². The van der Waals surface area contributed by atoms with Crippen LogP contribution in [0, 0.1) is 11.8 Å². The molecule has 2 heterocycles. The van der Waals surface area contributed by atoms with Gasteiger partial charge in [-0.25, -0.2) is 0 Å². The Labute approximate surface area is 192 Å². The van der Waals surface area contributed by atoms with E-state index < -0.39 is 40.8 Å². The third kappa shape index (κ3) is 7.45. The van der Waals surface area contributed by atoms with Crippen molar-refractivity contribution < 1.29 is 34.8 Å². The van der Waals surface area contributed by atoms with E-state index in [0.717, 1.165) is 13.0 Å². The number of carbonyl (C=O) groups excluding carboxylic acids is 1. The molecule has 8 atom stereocenters. The number of rotatable bonds is 9. The van der Waals surface area contributed by atoms with Gasteiger partial charge in [-0.1, -0.05) is 24.9 Å². The Morgan fingerprint density at radius 3 is 2.48 bits per heavy atom. The minimum atomic E-state index is -1.37. The van der Waals surface area contributed by atoms with Crippen molar-refractivity contribution in [1.29, 1.82) is 0 Å². The molecule has 0 aliphatic carbocycles. The van der Waals surface area contributed by atoms with Crippen molar-refractivity contribution in [2.45, 2.75) is 74.4 Å². The van der Waals surface area contributed by atoms with Crippen molar-refractivity contribution in [1.82, 2.24) is 10.2 Å². The highest BCUT2D eigenvalue weighted by atomic mass is 35.5. The number of piperidine rings is 1. The van der Waals surface area contributed by atoms with Crippen molar-refractivity contribution in [3.63, 3.8) is 0 Å². The summed E-state index contributed by atoms with van der Waals surface area (Å²) in [6.45, 7) is 5.28. The first-order valence-electron chi connectivity index (χ1n) is 10.6. The van der Waals surface area contributed by atoms with Gasteiger partial charge in [0, 0.05) is 26.1 Å². The fourth-order valence-electron chi connectivity index (χ4n) is 4.29. The van der Waals surface area contributed by atoms with E-state index in [4.69, 9.17) is 21.4 Å². The molecule has 2 fully saturated rings. The third-order valence-corrected chi connectivity index (χ3v) is 7.18. The Hall–Kier alpha value is -0.620. The molecule has 0 saturated carbocycles. The van der Waals surface area contributed by atoms with Gasteiger partial charge in [0.15, 0.2) is 0 Å². The third-order valence-electron chi connectivity index (χ3n) is 6.07. The van der Waals surface area contributed by atoms with Gasteiger partial charge in [-0.05, 0) is 25.5 Å². The van der Waals surface area contributed by atoms with Gasteiger partial charge in [0.25, 0.3) is 0 Å². The number of aliphatic hydroxyl groups excluding tert-OH is 3. The number of hydrogen-bond acceptors (Lipinski definition) is 8. The second kappa shape index (κ2) is 11.5. The van der Waals surface area contributed by atoms with Crippen molar-refractivity contribution in [2.75, 3.05) is 25.9 Å². The van der Waals surface area contributed by atoms with Crippen molar-refractivity contribution in [2.24, 2.45) is 11.8 Å². The van der Waals surface area contributed by atoms with Gasteiger partial charge in [-0.2, -0.15) is 0 Å². The normalized spacial score (nSPS) is 36.5. The quantitative estimate of drug-likeness (QED) is 0.234. The minimum Gasteiger partial charge on any atom is -0.481 e. The monoisotopic (exact) mass is 482 g/mol. The molecule has 2 aliphatic rings. The predicted octanol–water partition coefficient (Wildman–Crippen LogP) is 0.441. The van der Waals surface area contributed by atoms with Crippen LogP contribution in [0.4, 0.5) is 0 Å². The Bertz CT molecular complexity index is 624. The lowest BCUT2D eigenvalue weighted by Gasteiger charge is -2.42. The van der Waals surface area contributed by atoms with Crippen molar-refractivity contribution >= 4 is 35.2 Å². The molecule has 0 radical (unpaired) electrons. The Kier molecular flexibility index (Phi) is 9.87. The number of halogens is 1. The molecule has 0 aromatic carbocycles. The molecule has 2 saturated heterocycles. The standard InChI is InChI=1S/C20H35ClN2O7S/c1-4-11-7-12(10-23(9-11)6-5-14(24)25)18(29)22-20(2,21)8-13-15(26)16(27)17(28)19(30-13)31-3/h11-13,15-17,19,26-28H,4-10H2,1-3H3,(H,22,29)(H,24,25)/t11?,12?,13?,15-,16+,17?,19+,20?/m0/s1. The number of carboxylic acid groups (broad SMARTS) is 1. The summed E-state index contributed by atoms with van der Waals surface area (Å²) in [5.41, 5.74) is -0.710. The number of alkyl halides is 1. The first-order valence-corrected chi connectivity index (χ1v) is 12.3. The number of carbonyl (C=O) groups is 2. The Balaban J connectivity index is 1.99. The van der Waals surface area contributed by atoms with E-state index in [0.29, 0.717) is 25.4 Å². The van der Waals surface area contributed by atoms with E-state index in [9.17, 15) is 24.9 Å². The molecule has 31 heavy (non-hydrogen) atoms. The summed E-state index contributed by atoms with van der Waals surface area (Å²) < 4.78 is 5.70. The number of nitrogens with zero attached hydrogens (tertiary/aromatic N) is 1. The highest BCUT2D eigenvalue weighted by Crippen LogP contribution is 2.33. The first kappa shape index (κ1) is 26.6. The lowest BCUT2D eigenvalue weighted by atomic mass is 9.86. The van der Waals surface area contributed by atoms with E-state index >= 15 is 0 Å². The zero-order chi connectivity index (χ0) is 23.3. The lowest BCUT2D eigenvalue weighted by molar-refractivity contribution is -0.201. The summed E-state index contributed by atoms with van der Waals surface area (Å²) in [5, 5.41) is 42.2. The number of hydrogen-bond donors (Lipinski definition) is 5. The summed E-state index contributed by atoms with van der Waals surface area (Å²) in [7, 11) is 0. The number of thioether (sulfide) groups is 1. The van der Waals surface area contributed by atoms with Crippen LogP contribution in [0.25, 0.3) is 0 Å². The smallest absolute Gasteiger partial charge is 0.304 e. The molecule has 2 rings (SSSR count). The van der Waals surface area contributed by atoms with Crippen LogP contribution in [0.2, 0.25) is 0 Å². The maximum atomic E-state index is 13.0. The summed E-state index contributed by atoms with van der Waals surface area (Å²) >= 11 is 7.78. The minimum absolute atomic E-state index is 0.0275. The molecule has 11 heteroatoms. The molecule has 5 unspecified atom stereocenters. The van der Waals surface area contributed by atoms with Gasteiger partial charge in [0.1, 0.15) is 28.7 Å². The number of ether oxygens (including phenoxy) is 1. The summed E-state index contributed by atoms with van der Waals surface area (Å²) in [6.07, 6.45) is -1.41. The van der Waals surface area contributed by atoms with Gasteiger partial charge >= 0.3 is 5.97 Å². The van der Waals surface area contributed by atoms with Crippen LogP contribution >= 0.6 is 23.4 Å². The molecular formula is C20H35ClN2O7S. The first-order chi connectivity index (χ1) is 14.5. The number of amides is 1. The highest BCUT2D eigenvalue weighted by molar-refractivity contribution is 7.99. The van der Waals surface area contributed by atoms with Gasteiger partial charge in [0.05, 0.1) is 18.4 Å². The van der Waals surface area contributed by atoms with Gasteiger partial charge in [-0.3, -0.25) is 9.59 Å². The van der Waals surface area contributed by atoms with E-state index in [2.05, 4.69) is 12.2 Å². The molecule has 2 aliphatic heterocycles. The summed E-state index contributed by atoms with van der Waals surface area (Å²) in [6, 6.07) is 0. The largest absolute Gasteiger partial charge is 0.481 e. The molecule has 5 N–H and O–H groups in total. The van der Waals surface area contributed by atoms with Crippen LogP contribution in [0.15, 0.2) is 0 Å². The average molecular weight is 483 g/mol. The van der Waals surface area contributed by atoms with E-state index in [1.54, 1.807) is 13.2 Å². The van der Waals surface area contributed by atoms with Crippen LogP contribution in [0.5, 0.6) is 0 Å². The lowest BCUT2D eigenvalue weighted by Crippen LogP contribution is -2.59. The molecule has 9 nitrogen and oxygen atoms in total. The molecule has 0 aromatic rings. The van der Waals surface area contributed by atoms with Crippen LogP contribution in [-0.4, -0.2) is 97.9 Å². The molecule has 0 spiro atoms. The number of nitrogens with one attached hydrogen (secondary N) is 1. The number of aliphatic carboxylic acids is 1. The molecule has 1 amide bonds. The van der Waals surface area contributed by atoms with Gasteiger partial charge < -0.3 is 35.4 Å². The van der Waals surface area contributed by atoms with E-state index in [1.165, 1.54) is 11.8 Å². The van der Waals surface area contributed by atoms with Gasteiger partial charge in [0.2, 0.25) is 5.91 Å². The summed E-state index contributed by atoms with van der Waals surface area (Å²) in [5.74, 6) is -1.13. The average Bonchev–Trinajstić information content (AvgIpc) is 2.71. The molecule has 0 aromatic heterocycles. The Morgan fingerprint density at radius 1 is 1.23 bits per heavy atom. The fourth-order valence-corrected chi connectivity index (χ4v) is 5.23. The zero-order valence-electron chi connectivity index (χ0n) is 18.2. The van der Waals surface area contributed by atoms with E-state index in [-0.39, 0.29) is 24.7 Å². The summed E-state index contributed by atoms with van der Waals surface area (Å²) in [4.78, 5) is 24.7. The molecule has 0 bridgehead atoms. The SMILES string of the molecule is CCC1CC(C(=O)NC(C)(Cl)CC2O[C@H](SC)C(O)[C@H](O)[C@H]2O)CN(CCC(=O)O)C1. The van der Waals surface area contributed by atoms with Crippen molar-refractivity contribution in [3.8, 4) is 0 Å². The van der Waals surface area contributed by atoms with Crippen LogP contribution < -0.4 is 5.32 Å².